The van der Waals surface area contributed by atoms with Crippen molar-refractivity contribution in [3.63, 3.8) is 0 Å². The number of thiophene rings is 1. The summed E-state index contributed by atoms with van der Waals surface area (Å²) in [5.74, 6) is 0.649. The molecule has 5 nitrogen and oxygen atoms in total. The van der Waals surface area contributed by atoms with E-state index in [4.69, 9.17) is 4.74 Å². The minimum absolute atomic E-state index is 0.0662. The first-order valence-corrected chi connectivity index (χ1v) is 13.2. The summed E-state index contributed by atoms with van der Waals surface area (Å²) in [6, 6.07) is 20.3. The Hall–Kier alpha value is -2.61. The van der Waals surface area contributed by atoms with Gasteiger partial charge in [0.2, 0.25) is 0 Å². The van der Waals surface area contributed by atoms with Crippen molar-refractivity contribution in [1.29, 1.82) is 0 Å². The summed E-state index contributed by atoms with van der Waals surface area (Å²) >= 11 is 5.13. The van der Waals surface area contributed by atoms with E-state index < -0.39 is 0 Å². The molecule has 170 valence electrons. The number of hydrogen-bond donors (Lipinski definition) is 1. The van der Waals surface area contributed by atoms with E-state index in [9.17, 15) is 4.79 Å². The number of piperazine rings is 1. The molecule has 0 spiro atoms. The minimum atomic E-state index is -0.0662. The van der Waals surface area contributed by atoms with Crippen LogP contribution in [-0.4, -0.2) is 55.6 Å². The molecule has 1 fully saturated rings. The van der Waals surface area contributed by atoms with Gasteiger partial charge in [-0.2, -0.15) is 0 Å². The Morgan fingerprint density at radius 2 is 1.76 bits per heavy atom. The summed E-state index contributed by atoms with van der Waals surface area (Å²) in [4.78, 5) is 17.7. The molecule has 3 aromatic carbocycles. The highest BCUT2D eigenvalue weighted by Gasteiger charge is 2.19. The van der Waals surface area contributed by atoms with Gasteiger partial charge < -0.3 is 15.0 Å². The maximum Gasteiger partial charge on any atom is 0.251 e. The van der Waals surface area contributed by atoms with Gasteiger partial charge in [-0.25, -0.2) is 0 Å². The quantitative estimate of drug-likeness (QED) is 0.332. The number of ether oxygens (including phenoxy) is 1. The number of benzene rings is 3. The molecule has 0 radical (unpaired) electrons. The number of hydrogen-bond acceptors (Lipinski definition) is 5. The molecule has 1 amide bonds. The van der Waals surface area contributed by atoms with Crippen LogP contribution in [0, 0.1) is 0 Å². The maximum absolute atomic E-state index is 12.8. The number of nitrogens with zero attached hydrogens (tertiary/aromatic N) is 2. The zero-order chi connectivity index (χ0) is 22.6. The average molecular weight is 524 g/mol. The van der Waals surface area contributed by atoms with Crippen molar-refractivity contribution >= 4 is 59.7 Å². The van der Waals surface area contributed by atoms with Crippen molar-refractivity contribution in [2.45, 2.75) is 0 Å². The van der Waals surface area contributed by atoms with Crippen LogP contribution in [0.3, 0.4) is 0 Å². The molecule has 0 bridgehead atoms. The lowest BCUT2D eigenvalue weighted by Gasteiger charge is -2.35. The summed E-state index contributed by atoms with van der Waals surface area (Å²) in [6.45, 7) is 5.49. The van der Waals surface area contributed by atoms with E-state index in [2.05, 4.69) is 60.7 Å². The largest absolute Gasteiger partial charge is 0.482 e. The molecular formula is C26H26BrN3O2S. The molecular weight excluding hydrogens is 498 g/mol. The number of anilines is 1. The van der Waals surface area contributed by atoms with Crippen LogP contribution >= 0.6 is 27.3 Å². The second-order valence-electron chi connectivity index (χ2n) is 8.15. The SMILES string of the molecule is O=C(NCCN1CCN(c2csc3ccccc23)CC1)c1cc(OCBr)c2ccccc2c1. The number of alkyl halides is 1. The molecule has 2 heterocycles. The van der Waals surface area contributed by atoms with Gasteiger partial charge in [-0.15, -0.1) is 11.3 Å². The van der Waals surface area contributed by atoms with Crippen molar-refractivity contribution in [2.75, 3.05) is 49.7 Å². The molecule has 0 atom stereocenters. The van der Waals surface area contributed by atoms with Crippen LogP contribution in [0.4, 0.5) is 5.69 Å². The Balaban J connectivity index is 1.15. The van der Waals surface area contributed by atoms with Crippen LogP contribution in [0.1, 0.15) is 10.4 Å². The van der Waals surface area contributed by atoms with E-state index in [-0.39, 0.29) is 5.91 Å². The van der Waals surface area contributed by atoms with E-state index in [1.54, 1.807) is 0 Å². The standard InChI is InChI=1S/C26H26BrN3O2S/c27-18-32-24-16-20(15-19-5-1-2-6-21(19)24)26(31)28-9-10-29-11-13-30(14-12-29)23-17-33-25-8-4-3-7-22(23)25/h1-8,15-17H,9-14,18H2,(H,28,31). The molecule has 5 rings (SSSR count). The van der Waals surface area contributed by atoms with E-state index in [1.807, 2.05) is 47.7 Å². The highest BCUT2D eigenvalue weighted by atomic mass is 79.9. The fourth-order valence-electron chi connectivity index (χ4n) is 4.44. The maximum atomic E-state index is 12.8. The van der Waals surface area contributed by atoms with Gasteiger partial charge in [-0.3, -0.25) is 9.69 Å². The molecule has 4 aromatic rings. The number of carbonyl (C=O) groups excluding carboxylic acids is 1. The smallest absolute Gasteiger partial charge is 0.251 e. The molecule has 1 aliphatic rings. The molecule has 1 saturated heterocycles. The van der Waals surface area contributed by atoms with E-state index >= 15 is 0 Å². The monoisotopic (exact) mass is 523 g/mol. The summed E-state index contributed by atoms with van der Waals surface area (Å²) in [7, 11) is 0. The third-order valence-corrected chi connectivity index (χ3v) is 7.36. The first-order valence-electron chi connectivity index (χ1n) is 11.2. The van der Waals surface area contributed by atoms with Crippen LogP contribution in [-0.2, 0) is 0 Å². The van der Waals surface area contributed by atoms with Crippen molar-refractivity contribution in [2.24, 2.45) is 0 Å². The Morgan fingerprint density at radius 1 is 1.00 bits per heavy atom. The van der Waals surface area contributed by atoms with E-state index in [0.717, 1.165) is 43.5 Å². The molecule has 1 N–H and O–H groups in total. The topological polar surface area (TPSA) is 44.8 Å². The van der Waals surface area contributed by atoms with Crippen molar-refractivity contribution in [1.82, 2.24) is 10.2 Å². The van der Waals surface area contributed by atoms with E-state index in [1.165, 1.54) is 15.8 Å². The van der Waals surface area contributed by atoms with Gasteiger partial charge in [0, 0.05) is 65.7 Å². The Kier molecular flexibility index (Phi) is 6.80. The van der Waals surface area contributed by atoms with Crippen LogP contribution in [0.2, 0.25) is 0 Å². The first-order chi connectivity index (χ1) is 16.2. The first kappa shape index (κ1) is 22.2. The molecule has 0 saturated carbocycles. The van der Waals surface area contributed by atoms with Gasteiger partial charge in [0.05, 0.1) is 5.69 Å². The average Bonchev–Trinajstić information content (AvgIpc) is 3.29. The number of rotatable bonds is 7. The highest BCUT2D eigenvalue weighted by Crippen LogP contribution is 2.33. The zero-order valence-electron chi connectivity index (χ0n) is 18.3. The van der Waals surface area contributed by atoms with Gasteiger partial charge in [0.25, 0.3) is 5.91 Å². The van der Waals surface area contributed by atoms with Gasteiger partial charge in [0.1, 0.15) is 11.3 Å². The molecule has 0 aliphatic carbocycles. The zero-order valence-corrected chi connectivity index (χ0v) is 20.7. The van der Waals surface area contributed by atoms with Crippen molar-refractivity contribution in [3.05, 3.63) is 71.6 Å². The van der Waals surface area contributed by atoms with Gasteiger partial charge >= 0.3 is 0 Å². The molecule has 1 aromatic heterocycles. The van der Waals surface area contributed by atoms with Crippen molar-refractivity contribution in [3.8, 4) is 5.75 Å². The van der Waals surface area contributed by atoms with Crippen molar-refractivity contribution < 1.29 is 9.53 Å². The fourth-order valence-corrected chi connectivity index (χ4v) is 5.65. The highest BCUT2D eigenvalue weighted by molar-refractivity contribution is 9.09. The second-order valence-corrected chi connectivity index (χ2v) is 9.52. The lowest BCUT2D eigenvalue weighted by Crippen LogP contribution is -2.48. The Bertz CT molecular complexity index is 1270. The van der Waals surface area contributed by atoms with Crippen LogP contribution < -0.4 is 15.0 Å². The summed E-state index contributed by atoms with van der Waals surface area (Å²) in [5.41, 5.74) is 2.36. The van der Waals surface area contributed by atoms with Gasteiger partial charge in [-0.05, 0) is 39.5 Å². The molecule has 1 aliphatic heterocycles. The number of carbonyl (C=O) groups is 1. The van der Waals surface area contributed by atoms with Gasteiger partial charge in [0.15, 0.2) is 0 Å². The molecule has 33 heavy (non-hydrogen) atoms. The second kappa shape index (κ2) is 10.1. The van der Waals surface area contributed by atoms with Crippen LogP contribution in [0.25, 0.3) is 20.9 Å². The third-order valence-electron chi connectivity index (χ3n) is 6.18. The Morgan fingerprint density at radius 3 is 2.58 bits per heavy atom. The van der Waals surface area contributed by atoms with E-state index in [0.29, 0.717) is 23.4 Å². The lowest BCUT2D eigenvalue weighted by molar-refractivity contribution is 0.0947. The Labute approximate surface area is 206 Å². The summed E-state index contributed by atoms with van der Waals surface area (Å²) in [6.07, 6.45) is 0. The normalized spacial score (nSPS) is 14.6. The number of halogens is 1. The predicted molar refractivity (Wildman–Crippen MR) is 141 cm³/mol. The number of nitrogens with one attached hydrogen (secondary N) is 1. The lowest BCUT2D eigenvalue weighted by atomic mass is 10.1. The predicted octanol–water partition coefficient (Wildman–Crippen LogP) is 5.34. The minimum Gasteiger partial charge on any atom is -0.482 e. The van der Waals surface area contributed by atoms with Gasteiger partial charge in [-0.1, -0.05) is 42.5 Å². The van der Waals surface area contributed by atoms with Crippen LogP contribution in [0.15, 0.2) is 66.0 Å². The third kappa shape index (κ3) is 4.86. The summed E-state index contributed by atoms with van der Waals surface area (Å²) in [5, 5.41) is 8.71. The number of amides is 1. The summed E-state index contributed by atoms with van der Waals surface area (Å²) < 4.78 is 7.05. The van der Waals surface area contributed by atoms with Crippen LogP contribution in [0.5, 0.6) is 5.75 Å². The molecule has 0 unspecified atom stereocenters. The number of fused-ring (bicyclic) bond motifs is 2. The fraction of sp³-hybridized carbons (Fsp3) is 0.269. The molecule has 7 heteroatoms.